The van der Waals surface area contributed by atoms with Crippen molar-refractivity contribution < 1.29 is 4.79 Å². The van der Waals surface area contributed by atoms with E-state index in [0.29, 0.717) is 12.1 Å². The highest BCUT2D eigenvalue weighted by Crippen LogP contribution is 2.24. The Labute approximate surface area is 159 Å². The fourth-order valence-corrected chi connectivity index (χ4v) is 3.93. The Morgan fingerprint density at radius 3 is 2.81 bits per heavy atom. The summed E-state index contributed by atoms with van der Waals surface area (Å²) in [7, 11) is 0. The third-order valence-electron chi connectivity index (χ3n) is 5.34. The van der Waals surface area contributed by atoms with Crippen LogP contribution in [0.4, 0.5) is 0 Å². The minimum Gasteiger partial charge on any atom is -0.350 e. The lowest BCUT2D eigenvalue weighted by Gasteiger charge is -2.34. The predicted octanol–water partition coefficient (Wildman–Crippen LogP) is 2.99. The number of carbonyl (C=O) groups is 1. The Kier molecular flexibility index (Phi) is 5.16. The highest BCUT2D eigenvalue weighted by molar-refractivity contribution is 6.01. The van der Waals surface area contributed by atoms with Gasteiger partial charge in [0.1, 0.15) is 0 Å². The first-order valence-electron chi connectivity index (χ1n) is 9.59. The molecule has 1 saturated heterocycles. The largest absolute Gasteiger partial charge is 0.350 e. The summed E-state index contributed by atoms with van der Waals surface area (Å²) in [5.74, 6) is -0.0785. The normalized spacial score (nSPS) is 16.3. The number of fused-ring (bicyclic) bond motifs is 1. The molecular formula is C21H25N5O. The number of carbonyl (C=O) groups excluding carboxylic acids is 1. The maximum atomic E-state index is 12.9. The van der Waals surface area contributed by atoms with Crippen LogP contribution in [0.5, 0.6) is 0 Å². The summed E-state index contributed by atoms with van der Waals surface area (Å²) in [4.78, 5) is 19.6. The van der Waals surface area contributed by atoms with E-state index in [4.69, 9.17) is 0 Å². The van der Waals surface area contributed by atoms with Gasteiger partial charge in [-0.2, -0.15) is 5.10 Å². The molecule has 140 valence electrons. The quantitative estimate of drug-likeness (QED) is 0.757. The van der Waals surface area contributed by atoms with E-state index in [9.17, 15) is 4.79 Å². The molecule has 1 aliphatic rings. The Balaban J connectivity index is 1.54. The molecule has 6 nitrogen and oxygen atoms in total. The molecule has 1 aliphatic heterocycles. The van der Waals surface area contributed by atoms with E-state index in [2.05, 4.69) is 26.4 Å². The Hall–Kier alpha value is -2.73. The number of hydrogen-bond acceptors (Lipinski definition) is 4. The van der Waals surface area contributed by atoms with Crippen LogP contribution in [0.2, 0.25) is 0 Å². The molecule has 0 aromatic carbocycles. The van der Waals surface area contributed by atoms with Crippen LogP contribution in [0.25, 0.3) is 5.52 Å². The second-order valence-corrected chi connectivity index (χ2v) is 7.15. The number of pyridine rings is 2. The molecule has 0 spiro atoms. The molecule has 1 atom stereocenters. The molecule has 0 aliphatic carbocycles. The van der Waals surface area contributed by atoms with E-state index in [0.717, 1.165) is 29.7 Å². The molecule has 0 radical (unpaired) electrons. The number of likely N-dealkylation sites (tertiary alicyclic amines) is 1. The summed E-state index contributed by atoms with van der Waals surface area (Å²) in [6.07, 6.45) is 10.9. The van der Waals surface area contributed by atoms with Crippen molar-refractivity contribution in [2.45, 2.75) is 32.2 Å². The van der Waals surface area contributed by atoms with Gasteiger partial charge in [-0.15, -0.1) is 0 Å². The summed E-state index contributed by atoms with van der Waals surface area (Å²) < 4.78 is 1.76. The van der Waals surface area contributed by atoms with Gasteiger partial charge >= 0.3 is 0 Å². The Morgan fingerprint density at radius 2 is 2.04 bits per heavy atom. The van der Waals surface area contributed by atoms with Crippen molar-refractivity contribution in [3.8, 4) is 0 Å². The molecule has 6 heteroatoms. The van der Waals surface area contributed by atoms with Crippen molar-refractivity contribution in [1.82, 2.24) is 24.8 Å². The molecule has 3 aromatic heterocycles. The molecule has 0 bridgehead atoms. The van der Waals surface area contributed by atoms with Gasteiger partial charge in [0, 0.05) is 25.1 Å². The van der Waals surface area contributed by atoms with Gasteiger partial charge in [-0.3, -0.25) is 14.7 Å². The number of piperidine rings is 1. The van der Waals surface area contributed by atoms with Gasteiger partial charge in [0.15, 0.2) is 0 Å². The van der Waals surface area contributed by atoms with Crippen molar-refractivity contribution >= 4 is 11.4 Å². The molecule has 4 rings (SSSR count). The average Bonchev–Trinajstić information content (AvgIpc) is 3.15. The minimum absolute atomic E-state index is 0.0785. The van der Waals surface area contributed by atoms with Crippen LogP contribution in [-0.4, -0.2) is 45.0 Å². The fourth-order valence-electron chi connectivity index (χ4n) is 3.93. The molecule has 1 unspecified atom stereocenters. The number of nitrogens with one attached hydrogen (secondary N) is 1. The topological polar surface area (TPSA) is 62.5 Å². The van der Waals surface area contributed by atoms with Gasteiger partial charge in [-0.05, 0) is 56.1 Å². The van der Waals surface area contributed by atoms with Gasteiger partial charge in [-0.1, -0.05) is 18.6 Å². The van der Waals surface area contributed by atoms with E-state index < -0.39 is 0 Å². The molecule has 1 fully saturated rings. The summed E-state index contributed by atoms with van der Waals surface area (Å²) in [5, 5.41) is 7.45. The lowest BCUT2D eigenvalue weighted by Crippen LogP contribution is -2.40. The maximum absolute atomic E-state index is 12.9. The standard InChI is InChI=1S/C21H25N5O/c1-16-7-6-12-26-20(16)18(14-24-26)21(27)23-15-19(17-8-5-9-22-13-17)25-10-3-2-4-11-25/h5-9,12-14,19H,2-4,10-11,15H2,1H3,(H,23,27). The number of nitrogens with zero attached hydrogens (tertiary/aromatic N) is 4. The van der Waals surface area contributed by atoms with Crippen LogP contribution in [0, 0.1) is 6.92 Å². The van der Waals surface area contributed by atoms with Gasteiger partial charge in [-0.25, -0.2) is 4.52 Å². The van der Waals surface area contributed by atoms with E-state index in [1.807, 2.05) is 37.5 Å². The van der Waals surface area contributed by atoms with Crippen LogP contribution in [0.3, 0.4) is 0 Å². The zero-order valence-electron chi connectivity index (χ0n) is 15.6. The lowest BCUT2D eigenvalue weighted by molar-refractivity contribution is 0.0926. The van der Waals surface area contributed by atoms with Crippen molar-refractivity contribution in [3.63, 3.8) is 0 Å². The van der Waals surface area contributed by atoms with Crippen LogP contribution < -0.4 is 5.32 Å². The smallest absolute Gasteiger partial charge is 0.255 e. The second-order valence-electron chi connectivity index (χ2n) is 7.15. The number of aromatic nitrogens is 3. The maximum Gasteiger partial charge on any atom is 0.255 e. The highest BCUT2D eigenvalue weighted by atomic mass is 16.1. The minimum atomic E-state index is -0.0785. The van der Waals surface area contributed by atoms with Crippen LogP contribution in [0.1, 0.15) is 46.8 Å². The van der Waals surface area contributed by atoms with Gasteiger partial charge < -0.3 is 5.32 Å². The monoisotopic (exact) mass is 363 g/mol. The van der Waals surface area contributed by atoms with E-state index in [1.54, 1.807) is 16.9 Å². The molecule has 0 saturated carbocycles. The van der Waals surface area contributed by atoms with Crippen LogP contribution >= 0.6 is 0 Å². The predicted molar refractivity (Wildman–Crippen MR) is 105 cm³/mol. The molecule has 27 heavy (non-hydrogen) atoms. The van der Waals surface area contributed by atoms with Gasteiger partial charge in [0.25, 0.3) is 5.91 Å². The first-order valence-corrected chi connectivity index (χ1v) is 9.59. The van der Waals surface area contributed by atoms with Crippen molar-refractivity contribution in [2.75, 3.05) is 19.6 Å². The Bertz CT molecular complexity index is 915. The Morgan fingerprint density at radius 1 is 1.19 bits per heavy atom. The van der Waals surface area contributed by atoms with Crippen molar-refractivity contribution in [3.05, 3.63) is 65.7 Å². The fraction of sp³-hybridized carbons (Fsp3) is 0.381. The summed E-state index contributed by atoms with van der Waals surface area (Å²) >= 11 is 0. The molecule has 3 aromatic rings. The summed E-state index contributed by atoms with van der Waals surface area (Å²) in [5.41, 5.74) is 3.68. The highest BCUT2D eigenvalue weighted by Gasteiger charge is 2.24. The molecule has 1 N–H and O–H groups in total. The zero-order chi connectivity index (χ0) is 18.6. The van der Waals surface area contributed by atoms with Crippen molar-refractivity contribution in [1.29, 1.82) is 0 Å². The molecule has 1 amide bonds. The number of aryl methyl sites for hydroxylation is 1. The lowest BCUT2D eigenvalue weighted by atomic mass is 10.0. The molecule has 4 heterocycles. The summed E-state index contributed by atoms with van der Waals surface area (Å²) in [6, 6.07) is 8.14. The van der Waals surface area contributed by atoms with Crippen LogP contribution in [0.15, 0.2) is 49.1 Å². The van der Waals surface area contributed by atoms with E-state index >= 15 is 0 Å². The number of rotatable bonds is 5. The average molecular weight is 363 g/mol. The number of hydrogen-bond donors (Lipinski definition) is 1. The third kappa shape index (κ3) is 3.71. The second kappa shape index (κ2) is 7.88. The first kappa shape index (κ1) is 17.7. The SMILES string of the molecule is Cc1cccn2ncc(C(=O)NCC(c3cccnc3)N3CCCCC3)c12. The first-order chi connectivity index (χ1) is 13.2. The molecular weight excluding hydrogens is 338 g/mol. The summed E-state index contributed by atoms with van der Waals surface area (Å²) in [6.45, 7) is 4.68. The van der Waals surface area contributed by atoms with E-state index in [-0.39, 0.29) is 11.9 Å². The third-order valence-corrected chi connectivity index (χ3v) is 5.34. The van der Waals surface area contributed by atoms with Gasteiger partial charge in [0.05, 0.1) is 23.3 Å². The van der Waals surface area contributed by atoms with Gasteiger partial charge in [0.2, 0.25) is 0 Å². The number of amides is 1. The van der Waals surface area contributed by atoms with Crippen molar-refractivity contribution in [2.24, 2.45) is 0 Å². The zero-order valence-corrected chi connectivity index (χ0v) is 15.6. The van der Waals surface area contributed by atoms with E-state index in [1.165, 1.54) is 19.3 Å². The van der Waals surface area contributed by atoms with Crippen LogP contribution in [-0.2, 0) is 0 Å².